The first-order valence-electron chi connectivity index (χ1n) is 3.65. The van der Waals surface area contributed by atoms with Crippen molar-refractivity contribution in [2.45, 2.75) is 38.8 Å². The molecule has 1 saturated heterocycles. The molecule has 1 aliphatic rings. The normalized spacial score (nSPS) is 43.6. The fourth-order valence-corrected chi connectivity index (χ4v) is 1.43. The van der Waals surface area contributed by atoms with Gasteiger partial charge in [-0.1, -0.05) is 13.8 Å². The molecule has 0 aromatic rings. The summed E-state index contributed by atoms with van der Waals surface area (Å²) in [6, 6.07) is 0.00458. The molecule has 0 saturated carbocycles. The highest BCUT2D eigenvalue weighted by Gasteiger charge is 2.26. The van der Waals surface area contributed by atoms with E-state index in [9.17, 15) is 0 Å². The highest BCUT2D eigenvalue weighted by molar-refractivity contribution is 6.11. The Balaban J connectivity index is 2.38. The average Bonchev–Trinajstić information content (AvgIpc) is 2.10. The van der Waals surface area contributed by atoms with Gasteiger partial charge in [-0.05, 0) is 18.8 Å². The van der Waals surface area contributed by atoms with Gasteiger partial charge in [0.05, 0.1) is 6.10 Å². The van der Waals surface area contributed by atoms with Gasteiger partial charge in [0.15, 0.2) is 0 Å². The van der Waals surface area contributed by atoms with Crippen molar-refractivity contribution < 1.29 is 4.74 Å². The second kappa shape index (κ2) is 2.74. The Labute approximate surface area is 58.2 Å². The smallest absolute Gasteiger partial charge is 0.109 e. The van der Waals surface area contributed by atoms with Crippen LogP contribution in [0.2, 0.25) is 0 Å². The summed E-state index contributed by atoms with van der Waals surface area (Å²) in [7, 11) is 5.57. The van der Waals surface area contributed by atoms with E-state index in [1.807, 2.05) is 0 Å². The van der Waals surface area contributed by atoms with Crippen molar-refractivity contribution in [3.05, 3.63) is 0 Å². The maximum atomic E-state index is 5.57. The zero-order chi connectivity index (χ0) is 6.85. The summed E-state index contributed by atoms with van der Waals surface area (Å²) in [6.45, 7) is 4.33. The molecular weight excluding hydrogens is 111 g/mol. The molecule has 0 unspecified atom stereocenters. The van der Waals surface area contributed by atoms with Crippen molar-refractivity contribution in [3.8, 4) is 0 Å². The first kappa shape index (κ1) is 7.14. The molecular formula is C7H13BO. The molecule has 0 N–H and O–H groups in total. The van der Waals surface area contributed by atoms with Gasteiger partial charge in [-0.25, -0.2) is 0 Å². The number of hydrogen-bond donors (Lipinski definition) is 0. The van der Waals surface area contributed by atoms with Crippen LogP contribution < -0.4 is 0 Å². The van der Waals surface area contributed by atoms with Gasteiger partial charge in [0.2, 0.25) is 0 Å². The van der Waals surface area contributed by atoms with Crippen LogP contribution in [-0.4, -0.2) is 20.0 Å². The molecule has 0 aromatic carbocycles. The fraction of sp³-hybridized carbons (Fsp3) is 1.00. The van der Waals surface area contributed by atoms with E-state index in [2.05, 4.69) is 13.8 Å². The first-order valence-corrected chi connectivity index (χ1v) is 3.65. The van der Waals surface area contributed by atoms with Crippen molar-refractivity contribution in [2.75, 3.05) is 0 Å². The molecule has 1 nitrogen and oxygen atoms in total. The molecule has 0 spiro atoms. The summed E-state index contributed by atoms with van der Waals surface area (Å²) >= 11 is 0. The Morgan fingerprint density at radius 1 is 1.67 bits per heavy atom. The van der Waals surface area contributed by atoms with Crippen LogP contribution in [0.15, 0.2) is 0 Å². The molecule has 1 heterocycles. The van der Waals surface area contributed by atoms with Crippen molar-refractivity contribution >= 4 is 7.85 Å². The van der Waals surface area contributed by atoms with Crippen LogP contribution in [0.3, 0.4) is 0 Å². The van der Waals surface area contributed by atoms with Gasteiger partial charge in [-0.2, -0.15) is 0 Å². The number of ether oxygens (including phenoxy) is 1. The lowest BCUT2D eigenvalue weighted by Crippen LogP contribution is -2.12. The molecule has 1 aliphatic heterocycles. The van der Waals surface area contributed by atoms with Crippen LogP contribution in [0.1, 0.15) is 26.7 Å². The predicted octanol–water partition coefficient (Wildman–Crippen LogP) is 1.32. The molecule has 0 bridgehead atoms. The van der Waals surface area contributed by atoms with E-state index < -0.39 is 0 Å². The van der Waals surface area contributed by atoms with Gasteiger partial charge in [-0.3, -0.25) is 0 Å². The number of hydrogen-bond acceptors (Lipinski definition) is 1. The van der Waals surface area contributed by atoms with Crippen LogP contribution in [0.5, 0.6) is 0 Å². The molecule has 50 valence electrons. The zero-order valence-corrected chi connectivity index (χ0v) is 6.13. The zero-order valence-electron chi connectivity index (χ0n) is 6.13. The molecule has 1 rings (SSSR count). The van der Waals surface area contributed by atoms with Crippen LogP contribution in [0, 0.1) is 5.92 Å². The van der Waals surface area contributed by atoms with Crippen LogP contribution >= 0.6 is 0 Å². The van der Waals surface area contributed by atoms with Crippen molar-refractivity contribution in [2.24, 2.45) is 5.92 Å². The third kappa shape index (κ3) is 1.48. The predicted molar refractivity (Wildman–Crippen MR) is 38.5 cm³/mol. The molecule has 0 aromatic heterocycles. The highest BCUT2D eigenvalue weighted by atomic mass is 16.5. The SMILES string of the molecule is [B][C@H]1C[C@@H](C)[C@@H](CC)O1. The molecule has 9 heavy (non-hydrogen) atoms. The van der Waals surface area contributed by atoms with E-state index in [0.717, 1.165) is 12.8 Å². The lowest BCUT2D eigenvalue weighted by Gasteiger charge is -2.10. The van der Waals surface area contributed by atoms with Crippen molar-refractivity contribution in [1.29, 1.82) is 0 Å². The third-order valence-corrected chi connectivity index (χ3v) is 1.99. The lowest BCUT2D eigenvalue weighted by molar-refractivity contribution is 0.0718. The van der Waals surface area contributed by atoms with Gasteiger partial charge in [0.1, 0.15) is 7.85 Å². The average molecular weight is 124 g/mol. The van der Waals surface area contributed by atoms with Gasteiger partial charge < -0.3 is 4.74 Å². The van der Waals surface area contributed by atoms with E-state index >= 15 is 0 Å². The minimum atomic E-state index is 0.00458. The monoisotopic (exact) mass is 124 g/mol. The Bertz CT molecular complexity index is 94.9. The summed E-state index contributed by atoms with van der Waals surface area (Å²) in [5, 5.41) is 0. The molecule has 2 radical (unpaired) electrons. The molecule has 1 fully saturated rings. The Hall–Kier alpha value is 0.0249. The Kier molecular flexibility index (Phi) is 2.17. The van der Waals surface area contributed by atoms with Crippen molar-refractivity contribution in [3.63, 3.8) is 0 Å². The molecule has 3 atom stereocenters. The molecule has 0 amide bonds. The maximum absolute atomic E-state index is 5.57. The standard InChI is InChI=1S/C7H13BO/c1-3-6-5(2)4-7(8)9-6/h5-7H,3-4H2,1-2H3/t5-,6-,7-/m1/s1. The summed E-state index contributed by atoms with van der Waals surface area (Å²) in [5.41, 5.74) is 0. The van der Waals surface area contributed by atoms with Gasteiger partial charge in [0.25, 0.3) is 0 Å². The van der Waals surface area contributed by atoms with Gasteiger partial charge in [0, 0.05) is 6.00 Å². The number of rotatable bonds is 1. The molecule has 0 aliphatic carbocycles. The van der Waals surface area contributed by atoms with E-state index in [-0.39, 0.29) is 6.00 Å². The van der Waals surface area contributed by atoms with E-state index in [4.69, 9.17) is 12.6 Å². The van der Waals surface area contributed by atoms with Crippen LogP contribution in [0.25, 0.3) is 0 Å². The summed E-state index contributed by atoms with van der Waals surface area (Å²) < 4.78 is 5.40. The first-order chi connectivity index (χ1) is 4.24. The Morgan fingerprint density at radius 2 is 2.33 bits per heavy atom. The quantitative estimate of drug-likeness (QED) is 0.479. The van der Waals surface area contributed by atoms with Crippen LogP contribution in [0.4, 0.5) is 0 Å². The van der Waals surface area contributed by atoms with Crippen molar-refractivity contribution in [1.82, 2.24) is 0 Å². The highest BCUT2D eigenvalue weighted by Crippen LogP contribution is 2.25. The van der Waals surface area contributed by atoms with Crippen LogP contribution in [-0.2, 0) is 4.74 Å². The molecule has 2 heteroatoms. The van der Waals surface area contributed by atoms with E-state index in [0.29, 0.717) is 12.0 Å². The Morgan fingerprint density at radius 3 is 2.56 bits per heavy atom. The topological polar surface area (TPSA) is 9.23 Å². The maximum Gasteiger partial charge on any atom is 0.109 e. The van der Waals surface area contributed by atoms with E-state index in [1.165, 1.54) is 0 Å². The summed E-state index contributed by atoms with van der Waals surface area (Å²) in [6.07, 6.45) is 2.54. The van der Waals surface area contributed by atoms with Gasteiger partial charge in [-0.15, -0.1) is 0 Å². The minimum Gasteiger partial charge on any atom is -0.384 e. The summed E-state index contributed by atoms with van der Waals surface area (Å²) in [5.74, 6) is 0.657. The summed E-state index contributed by atoms with van der Waals surface area (Å²) in [4.78, 5) is 0. The second-order valence-electron chi connectivity index (χ2n) is 2.83. The van der Waals surface area contributed by atoms with Gasteiger partial charge >= 0.3 is 0 Å². The second-order valence-corrected chi connectivity index (χ2v) is 2.83. The fourth-order valence-electron chi connectivity index (χ4n) is 1.43. The third-order valence-electron chi connectivity index (χ3n) is 1.99. The lowest BCUT2D eigenvalue weighted by atomic mass is 9.91. The van der Waals surface area contributed by atoms with E-state index in [1.54, 1.807) is 0 Å². The largest absolute Gasteiger partial charge is 0.384 e. The minimum absolute atomic E-state index is 0.00458.